The maximum Gasteiger partial charge on any atom is 0.0676 e. The van der Waals surface area contributed by atoms with Crippen molar-refractivity contribution in [1.82, 2.24) is 0 Å². The van der Waals surface area contributed by atoms with E-state index in [2.05, 4.69) is 55.0 Å². The molecule has 0 heterocycles. The largest absolute Gasteiger partial charge is 0.396 e. The van der Waals surface area contributed by atoms with Crippen LogP contribution in [-0.4, -0.2) is 57.1 Å². The summed E-state index contributed by atoms with van der Waals surface area (Å²) in [7, 11) is 0. The Hall–Kier alpha value is -0.460. The maximum absolute atomic E-state index is 11.9. The van der Waals surface area contributed by atoms with Crippen molar-refractivity contribution in [3.05, 3.63) is 12.7 Å². The number of fused-ring (bicyclic) bond motifs is 2. The zero-order valence-electron chi connectivity index (χ0n) is 24.6. The third kappa shape index (κ3) is 3.80. The molecule has 4 aliphatic rings. The Morgan fingerprint density at radius 2 is 1.49 bits per heavy atom. The average Bonchev–Trinajstić information content (AvgIpc) is 2.82. The molecule has 4 aliphatic carbocycles. The third-order valence-corrected chi connectivity index (χ3v) is 14.0. The van der Waals surface area contributed by atoms with E-state index in [0.29, 0.717) is 18.8 Å². The third-order valence-electron chi connectivity index (χ3n) is 14.0. The van der Waals surface area contributed by atoms with Crippen molar-refractivity contribution in [2.45, 2.75) is 118 Å². The molecule has 0 amide bonds. The fourth-order valence-electron chi connectivity index (χ4n) is 10.9. The Morgan fingerprint density at radius 3 is 2.05 bits per heavy atom. The highest BCUT2D eigenvalue weighted by atomic mass is 16.3. The summed E-state index contributed by atoms with van der Waals surface area (Å²) in [6.45, 7) is 19.7. The van der Waals surface area contributed by atoms with Gasteiger partial charge in [-0.15, -0.1) is 6.58 Å². The molecule has 4 fully saturated rings. The molecule has 0 saturated heterocycles. The molecule has 3 unspecified atom stereocenters. The summed E-state index contributed by atoms with van der Waals surface area (Å²) >= 11 is 0. The summed E-state index contributed by atoms with van der Waals surface area (Å²) in [5, 5.41) is 55.6. The smallest absolute Gasteiger partial charge is 0.0676 e. The second kappa shape index (κ2) is 9.29. The Labute approximate surface area is 225 Å². The topological polar surface area (TPSA) is 101 Å². The molecule has 5 heteroatoms. The molecule has 0 aromatic heterocycles. The van der Waals surface area contributed by atoms with Crippen LogP contribution < -0.4 is 0 Å². The summed E-state index contributed by atoms with van der Waals surface area (Å²) in [6.07, 6.45) is 6.79. The van der Waals surface area contributed by atoms with Gasteiger partial charge < -0.3 is 25.5 Å². The lowest BCUT2D eigenvalue weighted by atomic mass is 9.35. The minimum atomic E-state index is -0.871. The highest BCUT2D eigenvalue weighted by molar-refractivity contribution is 5.18. The minimum Gasteiger partial charge on any atom is -0.396 e. The van der Waals surface area contributed by atoms with Crippen molar-refractivity contribution in [1.29, 1.82) is 0 Å². The fraction of sp³-hybridized carbons (Fsp3) is 0.938. The van der Waals surface area contributed by atoms with Crippen molar-refractivity contribution >= 4 is 0 Å². The van der Waals surface area contributed by atoms with E-state index in [4.69, 9.17) is 0 Å². The monoisotopic (exact) mass is 520 g/mol. The van der Waals surface area contributed by atoms with Crippen LogP contribution in [0.4, 0.5) is 0 Å². The van der Waals surface area contributed by atoms with Crippen LogP contribution in [0.2, 0.25) is 0 Å². The first kappa shape index (κ1) is 29.5. The molecule has 214 valence electrons. The summed E-state index contributed by atoms with van der Waals surface area (Å²) in [5.41, 5.74) is -1.79. The molecule has 12 atom stereocenters. The molecule has 0 aromatic carbocycles. The summed E-state index contributed by atoms with van der Waals surface area (Å²) < 4.78 is 0. The molecule has 0 aliphatic heterocycles. The first-order chi connectivity index (χ1) is 17.0. The highest BCUT2D eigenvalue weighted by Gasteiger charge is 2.69. The van der Waals surface area contributed by atoms with Gasteiger partial charge in [-0.3, -0.25) is 0 Å². The van der Waals surface area contributed by atoms with Gasteiger partial charge in [-0.1, -0.05) is 54.5 Å². The summed E-state index contributed by atoms with van der Waals surface area (Å²) in [5.74, 6) is 0.555. The normalized spacial score (nSPS) is 55.7. The SMILES string of the molecule is C=CCC1[C@@]2(C)CC[C@H](O)[C@](C)(CO)C2CC[C@@]1(C)[C@@]1(C)CC2CC(C)(C)[C@@H](C)[C@H](O)[C@]2(CO)[C@H](O)C1. The van der Waals surface area contributed by atoms with E-state index >= 15 is 0 Å². The van der Waals surface area contributed by atoms with E-state index in [1.807, 2.05) is 6.08 Å². The molecule has 5 N–H and O–H groups in total. The van der Waals surface area contributed by atoms with Crippen LogP contribution in [0.5, 0.6) is 0 Å². The zero-order valence-corrected chi connectivity index (χ0v) is 24.6. The van der Waals surface area contributed by atoms with E-state index in [1.165, 1.54) is 0 Å². The molecule has 0 aromatic rings. The molecule has 0 spiro atoms. The standard InChI is InChI=1S/C32H56O5/c1-9-10-23-29(6)13-12-24(35)30(7,18-33)22(29)11-14-31(23,8)28(5)16-21-15-27(3,4)20(2)26(37)32(21,19-34)25(36)17-28/h9,20-26,33-37H,1,10-19H2,2-8H3/t20-,21?,22?,23?,24-,25+,26-,28-,29-,30+,31+,32-/m0/s1. The van der Waals surface area contributed by atoms with Crippen molar-refractivity contribution < 1.29 is 25.5 Å². The van der Waals surface area contributed by atoms with E-state index in [0.717, 1.165) is 38.5 Å². The van der Waals surface area contributed by atoms with Gasteiger partial charge in [0.15, 0.2) is 0 Å². The van der Waals surface area contributed by atoms with E-state index in [-0.39, 0.29) is 52.6 Å². The van der Waals surface area contributed by atoms with Crippen molar-refractivity contribution in [2.75, 3.05) is 13.2 Å². The van der Waals surface area contributed by atoms with Gasteiger partial charge in [0.25, 0.3) is 0 Å². The van der Waals surface area contributed by atoms with Crippen LogP contribution in [0.15, 0.2) is 12.7 Å². The minimum absolute atomic E-state index is 0.00168. The number of hydrogen-bond acceptors (Lipinski definition) is 5. The first-order valence-electron chi connectivity index (χ1n) is 14.9. The lowest BCUT2D eigenvalue weighted by Gasteiger charge is -2.70. The molecule has 0 bridgehead atoms. The number of rotatable bonds is 5. The van der Waals surface area contributed by atoms with E-state index < -0.39 is 29.1 Å². The van der Waals surface area contributed by atoms with Crippen LogP contribution in [0.1, 0.15) is 99.8 Å². The fourth-order valence-corrected chi connectivity index (χ4v) is 10.9. The summed E-state index contributed by atoms with van der Waals surface area (Å²) in [6, 6.07) is 0. The number of allylic oxidation sites excluding steroid dienone is 1. The van der Waals surface area contributed by atoms with Gasteiger partial charge in [0, 0.05) is 10.8 Å². The Morgan fingerprint density at radius 1 is 0.838 bits per heavy atom. The predicted molar refractivity (Wildman–Crippen MR) is 148 cm³/mol. The lowest BCUT2D eigenvalue weighted by molar-refractivity contribution is -0.265. The maximum atomic E-state index is 11.9. The molecule has 0 radical (unpaired) electrons. The van der Waals surface area contributed by atoms with Crippen molar-refractivity contribution in [2.24, 2.45) is 56.2 Å². The average molecular weight is 521 g/mol. The van der Waals surface area contributed by atoms with Crippen LogP contribution in [0.3, 0.4) is 0 Å². The van der Waals surface area contributed by atoms with Gasteiger partial charge in [0.1, 0.15) is 0 Å². The number of aliphatic hydroxyl groups excluding tert-OH is 5. The van der Waals surface area contributed by atoms with Gasteiger partial charge in [0.2, 0.25) is 0 Å². The quantitative estimate of drug-likeness (QED) is 0.331. The second-order valence-corrected chi connectivity index (χ2v) is 15.7. The van der Waals surface area contributed by atoms with Gasteiger partial charge in [0.05, 0.1) is 31.5 Å². The van der Waals surface area contributed by atoms with Crippen LogP contribution in [0, 0.1) is 56.2 Å². The van der Waals surface area contributed by atoms with Gasteiger partial charge in [-0.25, -0.2) is 0 Å². The highest BCUT2D eigenvalue weighted by Crippen LogP contribution is 2.73. The van der Waals surface area contributed by atoms with Gasteiger partial charge >= 0.3 is 0 Å². The van der Waals surface area contributed by atoms with Gasteiger partial charge in [-0.05, 0) is 96.7 Å². The summed E-state index contributed by atoms with van der Waals surface area (Å²) in [4.78, 5) is 0. The number of hydrogen-bond donors (Lipinski definition) is 5. The predicted octanol–water partition coefficient (Wildman–Crippen LogP) is 4.94. The van der Waals surface area contributed by atoms with Crippen molar-refractivity contribution in [3.8, 4) is 0 Å². The zero-order chi connectivity index (χ0) is 27.8. The van der Waals surface area contributed by atoms with Crippen molar-refractivity contribution in [3.63, 3.8) is 0 Å². The van der Waals surface area contributed by atoms with Crippen LogP contribution in [0.25, 0.3) is 0 Å². The van der Waals surface area contributed by atoms with E-state index in [9.17, 15) is 25.5 Å². The van der Waals surface area contributed by atoms with E-state index in [1.54, 1.807) is 0 Å². The molecule has 4 rings (SSSR count). The molecule has 5 nitrogen and oxygen atoms in total. The number of aliphatic hydroxyl groups is 5. The first-order valence-corrected chi connectivity index (χ1v) is 14.9. The Bertz CT molecular complexity index is 873. The van der Waals surface area contributed by atoms with Crippen LogP contribution in [-0.2, 0) is 0 Å². The lowest BCUT2D eigenvalue weighted by Crippen LogP contribution is -2.69. The Kier molecular flexibility index (Phi) is 7.42. The second-order valence-electron chi connectivity index (χ2n) is 15.7. The molecular formula is C32H56O5. The van der Waals surface area contributed by atoms with Gasteiger partial charge in [-0.2, -0.15) is 0 Å². The Balaban J connectivity index is 1.77. The van der Waals surface area contributed by atoms with Crippen LogP contribution >= 0.6 is 0 Å². The molecular weight excluding hydrogens is 464 g/mol. The molecule has 37 heavy (non-hydrogen) atoms. The molecule has 4 saturated carbocycles.